The Hall–Kier alpha value is 0.139. The molecule has 1 rings (SSSR count). The van der Waals surface area contributed by atoms with E-state index in [-0.39, 0.29) is 0 Å². The summed E-state index contributed by atoms with van der Waals surface area (Å²) >= 11 is -0.570. The van der Waals surface area contributed by atoms with Crippen LogP contribution in [-0.4, -0.2) is 39.0 Å². The van der Waals surface area contributed by atoms with E-state index in [1.165, 1.54) is 0 Å². The van der Waals surface area contributed by atoms with Gasteiger partial charge in [-0.1, -0.05) is 0 Å². The molecule has 0 saturated heterocycles. The van der Waals surface area contributed by atoms with Crippen LogP contribution in [0.5, 0.6) is 0 Å². The van der Waals surface area contributed by atoms with Gasteiger partial charge in [0.05, 0.1) is 0 Å². The van der Waals surface area contributed by atoms with E-state index in [0.717, 1.165) is 0 Å². The van der Waals surface area contributed by atoms with Gasteiger partial charge >= 0.3 is 93.0 Å². The second-order valence-electron chi connectivity index (χ2n) is 5.48. The van der Waals surface area contributed by atoms with E-state index in [1.54, 1.807) is 0 Å². The van der Waals surface area contributed by atoms with Gasteiger partial charge in [-0.2, -0.15) is 0 Å². The summed E-state index contributed by atoms with van der Waals surface area (Å²) in [4.78, 5) is 0. The summed E-state index contributed by atoms with van der Waals surface area (Å²) in [6, 6.07) is 0. The third kappa shape index (κ3) is 2.79. The first-order valence-electron chi connectivity index (χ1n) is 4.74. The van der Waals surface area contributed by atoms with Crippen LogP contribution >= 0.6 is 0 Å². The van der Waals surface area contributed by atoms with Crippen molar-refractivity contribution in [2.75, 3.05) is 0 Å². The minimum atomic E-state index is -0.570. The molecule has 3 heteroatoms. The molecule has 13 heavy (non-hydrogen) atoms. The van der Waals surface area contributed by atoms with Crippen LogP contribution in [0.25, 0.3) is 0 Å². The van der Waals surface area contributed by atoms with Crippen LogP contribution in [0.15, 0.2) is 12.4 Å². The summed E-state index contributed by atoms with van der Waals surface area (Å²) in [6.07, 6.45) is 4.52. The minimum absolute atomic E-state index is 0.308. The Kier molecular flexibility index (Phi) is 2.91. The second kappa shape index (κ2) is 3.37. The summed E-state index contributed by atoms with van der Waals surface area (Å²) in [5, 5.41) is 0. The maximum absolute atomic E-state index is 2.53. The van der Waals surface area contributed by atoms with E-state index in [0.29, 0.717) is 11.1 Å². The van der Waals surface area contributed by atoms with Crippen molar-refractivity contribution in [3.05, 3.63) is 12.4 Å². The molecule has 2 nitrogen and oxygen atoms in total. The van der Waals surface area contributed by atoms with Crippen molar-refractivity contribution < 1.29 is 0 Å². The fraction of sp³-hybridized carbons (Fsp3) is 0.800. The van der Waals surface area contributed by atoms with E-state index >= 15 is 0 Å². The monoisotopic (exact) mass is 288 g/mol. The molecular formula is C10H20N2Sn. The average Bonchev–Trinajstić information content (AvgIpc) is 2.28. The van der Waals surface area contributed by atoms with Crippen molar-refractivity contribution in [3.63, 3.8) is 0 Å². The quantitative estimate of drug-likeness (QED) is 0.630. The van der Waals surface area contributed by atoms with Gasteiger partial charge in [0.15, 0.2) is 0 Å². The van der Waals surface area contributed by atoms with Crippen LogP contribution < -0.4 is 0 Å². The van der Waals surface area contributed by atoms with E-state index < -0.39 is 21.7 Å². The zero-order valence-electron chi connectivity index (χ0n) is 9.55. The Morgan fingerprint density at radius 2 is 1.08 bits per heavy atom. The predicted molar refractivity (Wildman–Crippen MR) is 58.1 cm³/mol. The number of nitrogens with zero attached hydrogens (tertiary/aromatic N) is 2. The molecule has 0 amide bonds. The Balaban J connectivity index is 2.63. The standard InChI is InChI=1S/C10H20N2.Sn/c1-9(2,3)11-7-8-12-10(4,5)6;/h7-8H,1-6H3;/q-2;+2. The molecule has 0 bridgehead atoms. The van der Waals surface area contributed by atoms with Gasteiger partial charge in [-0.05, 0) is 0 Å². The molecule has 1 heterocycles. The third-order valence-electron chi connectivity index (χ3n) is 2.03. The van der Waals surface area contributed by atoms with Crippen LogP contribution in [0.1, 0.15) is 41.5 Å². The van der Waals surface area contributed by atoms with Crippen LogP contribution in [0.3, 0.4) is 0 Å². The molecule has 0 aromatic heterocycles. The zero-order chi connectivity index (χ0) is 10.3. The van der Waals surface area contributed by atoms with E-state index in [9.17, 15) is 0 Å². The van der Waals surface area contributed by atoms with Crippen LogP contribution in [0.4, 0.5) is 0 Å². The van der Waals surface area contributed by atoms with Gasteiger partial charge in [-0.25, -0.2) is 0 Å². The normalized spacial score (nSPS) is 18.6. The Bertz CT molecular complexity index is 188. The fourth-order valence-electron chi connectivity index (χ4n) is 1.06. The first kappa shape index (κ1) is 11.2. The number of hydrogen-bond acceptors (Lipinski definition) is 2. The molecule has 0 aromatic rings. The van der Waals surface area contributed by atoms with Crippen molar-refractivity contribution in [1.29, 1.82) is 0 Å². The molecule has 0 spiro atoms. The maximum atomic E-state index is 2.53. The van der Waals surface area contributed by atoms with Crippen molar-refractivity contribution in [3.8, 4) is 0 Å². The van der Waals surface area contributed by atoms with Crippen molar-refractivity contribution in [2.24, 2.45) is 0 Å². The Labute approximate surface area is 92.9 Å². The van der Waals surface area contributed by atoms with Gasteiger partial charge < -0.3 is 0 Å². The molecule has 74 valence electrons. The van der Waals surface area contributed by atoms with Gasteiger partial charge in [-0.3, -0.25) is 0 Å². The van der Waals surface area contributed by atoms with Gasteiger partial charge in [0, 0.05) is 0 Å². The first-order chi connectivity index (χ1) is 5.71. The molecule has 0 aliphatic carbocycles. The topological polar surface area (TPSA) is 6.48 Å². The summed E-state index contributed by atoms with van der Waals surface area (Å²) < 4.78 is 5.06. The average molecular weight is 287 g/mol. The summed E-state index contributed by atoms with van der Waals surface area (Å²) in [6.45, 7) is 13.7. The van der Waals surface area contributed by atoms with Gasteiger partial charge in [0.2, 0.25) is 0 Å². The zero-order valence-corrected chi connectivity index (χ0v) is 12.4. The van der Waals surface area contributed by atoms with E-state index in [1.807, 2.05) is 0 Å². The Morgan fingerprint density at radius 3 is 1.23 bits per heavy atom. The van der Waals surface area contributed by atoms with Gasteiger partial charge in [0.25, 0.3) is 0 Å². The van der Waals surface area contributed by atoms with E-state index in [4.69, 9.17) is 0 Å². The van der Waals surface area contributed by atoms with Crippen LogP contribution in [-0.2, 0) is 0 Å². The van der Waals surface area contributed by atoms with Gasteiger partial charge in [0.1, 0.15) is 0 Å². The molecule has 0 aromatic carbocycles. The SMILES string of the molecule is CC(C)(C)[N]1C=C[N](C(C)(C)C)[Sn]1. The fourth-order valence-corrected chi connectivity index (χ4v) is 4.20. The van der Waals surface area contributed by atoms with Crippen LogP contribution in [0.2, 0.25) is 0 Å². The van der Waals surface area contributed by atoms with Gasteiger partial charge in [-0.15, -0.1) is 0 Å². The molecule has 0 fully saturated rings. The first-order valence-corrected chi connectivity index (χ1v) is 7.30. The van der Waals surface area contributed by atoms with Crippen LogP contribution in [0, 0.1) is 0 Å². The molecule has 0 unspecified atom stereocenters. The summed E-state index contributed by atoms with van der Waals surface area (Å²) in [5.41, 5.74) is 0.616. The molecule has 0 saturated carbocycles. The molecule has 2 radical (unpaired) electrons. The van der Waals surface area contributed by atoms with Crippen molar-refractivity contribution in [2.45, 2.75) is 52.6 Å². The second-order valence-corrected chi connectivity index (χ2v) is 8.80. The summed E-state index contributed by atoms with van der Waals surface area (Å²) in [7, 11) is 0. The van der Waals surface area contributed by atoms with Crippen molar-refractivity contribution >= 4 is 21.7 Å². The number of rotatable bonds is 0. The number of hydrogen-bond donors (Lipinski definition) is 0. The predicted octanol–water partition coefficient (Wildman–Crippen LogP) is 2.21. The van der Waals surface area contributed by atoms with E-state index in [2.05, 4.69) is 60.2 Å². The molecule has 1 aliphatic heterocycles. The molecule has 0 N–H and O–H groups in total. The molecule has 0 atom stereocenters. The molecular weight excluding hydrogens is 267 g/mol. The molecule has 1 aliphatic rings. The third-order valence-corrected chi connectivity index (χ3v) is 7.94. The summed E-state index contributed by atoms with van der Waals surface area (Å²) in [5.74, 6) is 0. The van der Waals surface area contributed by atoms with Crippen molar-refractivity contribution in [1.82, 2.24) is 6.24 Å². The Morgan fingerprint density at radius 1 is 0.769 bits per heavy atom.